The van der Waals surface area contributed by atoms with Crippen LogP contribution in [0.5, 0.6) is 0 Å². The molecule has 1 aliphatic carbocycles. The van der Waals surface area contributed by atoms with Crippen molar-refractivity contribution < 1.29 is 4.79 Å². The second-order valence-corrected chi connectivity index (χ2v) is 9.89. The van der Waals surface area contributed by atoms with Crippen LogP contribution in [0.25, 0.3) is 0 Å². The molecule has 3 nitrogen and oxygen atoms in total. The lowest BCUT2D eigenvalue weighted by molar-refractivity contribution is 0.102. The second kappa shape index (κ2) is 7.92. The van der Waals surface area contributed by atoms with Gasteiger partial charge < -0.3 is 0 Å². The molecule has 3 aromatic rings. The molecule has 140 valence electrons. The van der Waals surface area contributed by atoms with Crippen molar-refractivity contribution >= 4 is 56.9 Å². The molecule has 2 heterocycles. The minimum absolute atomic E-state index is 0.0613. The Balaban J connectivity index is 1.46. The molecule has 0 spiro atoms. The number of nitrogens with one attached hydrogen (secondary N) is 1. The SMILES string of the molecule is CC1CCc2c(C(=O)Nc3ncc(Cc4cc(Cl)cc(Cl)c4)s3)csc2C1. The number of carbonyl (C=O) groups excluding carboxylic acids is 1. The van der Waals surface area contributed by atoms with Crippen molar-refractivity contribution in [3.63, 3.8) is 0 Å². The Morgan fingerprint density at radius 2 is 2.07 bits per heavy atom. The highest BCUT2D eigenvalue weighted by molar-refractivity contribution is 7.15. The van der Waals surface area contributed by atoms with Crippen LogP contribution in [0, 0.1) is 5.92 Å². The number of fused-ring (bicyclic) bond motifs is 1. The zero-order valence-electron chi connectivity index (χ0n) is 14.7. The van der Waals surface area contributed by atoms with Crippen molar-refractivity contribution in [3.05, 3.63) is 66.3 Å². The van der Waals surface area contributed by atoms with E-state index in [-0.39, 0.29) is 5.91 Å². The fraction of sp³-hybridized carbons (Fsp3) is 0.300. The van der Waals surface area contributed by atoms with Crippen LogP contribution < -0.4 is 5.32 Å². The molecular weight excluding hydrogens is 419 g/mol. The zero-order chi connectivity index (χ0) is 19.0. The number of thiophene rings is 1. The normalized spacial score (nSPS) is 16.2. The third-order valence-corrected chi connectivity index (χ3v) is 7.12. The first-order valence-corrected chi connectivity index (χ1v) is 11.2. The average Bonchev–Trinajstić information content (AvgIpc) is 3.20. The van der Waals surface area contributed by atoms with Gasteiger partial charge in [-0.15, -0.1) is 22.7 Å². The van der Waals surface area contributed by atoms with Gasteiger partial charge in [-0.3, -0.25) is 10.1 Å². The number of hydrogen-bond acceptors (Lipinski definition) is 4. The van der Waals surface area contributed by atoms with Gasteiger partial charge in [-0.2, -0.15) is 0 Å². The summed E-state index contributed by atoms with van der Waals surface area (Å²) in [5, 5.41) is 6.80. The number of rotatable bonds is 4. The highest BCUT2D eigenvalue weighted by atomic mass is 35.5. The second-order valence-electron chi connectivity index (χ2n) is 6.94. The molecule has 2 aromatic heterocycles. The largest absolute Gasteiger partial charge is 0.298 e. The molecule has 0 bridgehead atoms. The average molecular weight is 437 g/mol. The van der Waals surface area contributed by atoms with E-state index in [0.717, 1.165) is 35.3 Å². The minimum atomic E-state index is -0.0613. The van der Waals surface area contributed by atoms with Gasteiger partial charge in [0.15, 0.2) is 5.13 Å². The number of anilines is 1. The molecule has 0 radical (unpaired) electrons. The molecule has 27 heavy (non-hydrogen) atoms. The summed E-state index contributed by atoms with van der Waals surface area (Å²) in [5.74, 6) is 0.641. The van der Waals surface area contributed by atoms with Gasteiger partial charge >= 0.3 is 0 Å². The Bertz CT molecular complexity index is 976. The van der Waals surface area contributed by atoms with Crippen LogP contribution in [0.15, 0.2) is 29.8 Å². The summed E-state index contributed by atoms with van der Waals surface area (Å²) in [6, 6.07) is 5.50. The summed E-state index contributed by atoms with van der Waals surface area (Å²) < 4.78 is 0. The van der Waals surface area contributed by atoms with Gasteiger partial charge in [-0.05, 0) is 54.5 Å². The maximum atomic E-state index is 12.7. The van der Waals surface area contributed by atoms with E-state index >= 15 is 0 Å². The smallest absolute Gasteiger partial charge is 0.258 e. The van der Waals surface area contributed by atoms with Gasteiger partial charge in [0.05, 0.1) is 5.56 Å². The van der Waals surface area contributed by atoms with Crippen LogP contribution in [0.1, 0.15) is 44.6 Å². The molecule has 4 rings (SSSR count). The van der Waals surface area contributed by atoms with Crippen molar-refractivity contribution in [3.8, 4) is 0 Å². The number of amides is 1. The van der Waals surface area contributed by atoms with Crippen molar-refractivity contribution in [2.75, 3.05) is 5.32 Å². The highest BCUT2D eigenvalue weighted by Gasteiger charge is 2.23. The van der Waals surface area contributed by atoms with Gasteiger partial charge in [0.2, 0.25) is 0 Å². The molecule has 1 unspecified atom stereocenters. The van der Waals surface area contributed by atoms with Gasteiger partial charge in [0.25, 0.3) is 5.91 Å². The quantitative estimate of drug-likeness (QED) is 0.508. The molecular formula is C20H18Cl2N2OS2. The molecule has 0 fully saturated rings. The zero-order valence-corrected chi connectivity index (χ0v) is 17.9. The number of carbonyl (C=O) groups is 1. The molecule has 1 atom stereocenters. The van der Waals surface area contributed by atoms with Crippen LogP contribution >= 0.6 is 45.9 Å². The highest BCUT2D eigenvalue weighted by Crippen LogP contribution is 2.33. The lowest BCUT2D eigenvalue weighted by atomic mass is 9.88. The summed E-state index contributed by atoms with van der Waals surface area (Å²) in [7, 11) is 0. The summed E-state index contributed by atoms with van der Waals surface area (Å²) >= 11 is 15.3. The lowest BCUT2D eigenvalue weighted by Gasteiger charge is -2.18. The van der Waals surface area contributed by atoms with Crippen LogP contribution in [-0.4, -0.2) is 10.9 Å². The number of thiazole rings is 1. The van der Waals surface area contributed by atoms with Crippen molar-refractivity contribution in [1.82, 2.24) is 4.98 Å². The number of benzene rings is 1. The third-order valence-electron chi connectivity index (χ3n) is 4.72. The molecule has 0 saturated carbocycles. The van der Waals surface area contributed by atoms with E-state index in [1.54, 1.807) is 23.6 Å². The van der Waals surface area contributed by atoms with Gasteiger partial charge in [-0.1, -0.05) is 30.1 Å². The number of aromatic nitrogens is 1. The number of halogens is 2. The summed E-state index contributed by atoms with van der Waals surface area (Å²) in [6.07, 6.45) is 5.69. The predicted octanol–water partition coefficient (Wildman–Crippen LogP) is 6.48. The Morgan fingerprint density at radius 3 is 2.85 bits per heavy atom. The molecule has 1 aromatic carbocycles. The van der Waals surface area contributed by atoms with E-state index in [2.05, 4.69) is 17.2 Å². The van der Waals surface area contributed by atoms with E-state index in [0.29, 0.717) is 27.5 Å². The summed E-state index contributed by atoms with van der Waals surface area (Å²) in [5.41, 5.74) is 3.05. The van der Waals surface area contributed by atoms with E-state index in [1.165, 1.54) is 21.8 Å². The van der Waals surface area contributed by atoms with Crippen molar-refractivity contribution in [2.45, 2.75) is 32.6 Å². The van der Waals surface area contributed by atoms with E-state index in [1.807, 2.05) is 17.5 Å². The first-order valence-electron chi connectivity index (χ1n) is 8.78. The topological polar surface area (TPSA) is 42.0 Å². The lowest BCUT2D eigenvalue weighted by Crippen LogP contribution is -2.16. The maximum absolute atomic E-state index is 12.7. The first kappa shape index (κ1) is 18.9. The van der Waals surface area contributed by atoms with Crippen molar-refractivity contribution in [2.24, 2.45) is 5.92 Å². The van der Waals surface area contributed by atoms with E-state index < -0.39 is 0 Å². The van der Waals surface area contributed by atoms with Crippen LogP contribution in [0.2, 0.25) is 10.0 Å². The van der Waals surface area contributed by atoms with Crippen LogP contribution in [0.3, 0.4) is 0 Å². The summed E-state index contributed by atoms with van der Waals surface area (Å²) in [6.45, 7) is 2.27. The molecule has 0 aliphatic heterocycles. The Kier molecular flexibility index (Phi) is 5.55. The third kappa shape index (κ3) is 4.37. The standard InChI is InChI=1S/C20H18Cl2N2OS2/c1-11-2-3-16-17(10-26-18(16)4-11)19(25)24-20-23-9-15(27-20)7-12-5-13(21)8-14(22)6-12/h5-6,8-11H,2-4,7H2,1H3,(H,23,24,25). The monoisotopic (exact) mass is 436 g/mol. The van der Waals surface area contributed by atoms with E-state index in [9.17, 15) is 4.79 Å². The maximum Gasteiger partial charge on any atom is 0.258 e. The number of nitrogens with zero attached hydrogens (tertiary/aromatic N) is 1. The fourth-order valence-electron chi connectivity index (χ4n) is 3.39. The predicted molar refractivity (Wildman–Crippen MR) is 115 cm³/mol. The minimum Gasteiger partial charge on any atom is -0.298 e. The number of hydrogen-bond donors (Lipinski definition) is 1. The van der Waals surface area contributed by atoms with Gasteiger partial charge in [0.1, 0.15) is 0 Å². The molecule has 1 amide bonds. The van der Waals surface area contributed by atoms with Crippen LogP contribution in [-0.2, 0) is 19.3 Å². The van der Waals surface area contributed by atoms with E-state index in [4.69, 9.17) is 23.2 Å². The van der Waals surface area contributed by atoms with Crippen molar-refractivity contribution in [1.29, 1.82) is 0 Å². The Morgan fingerprint density at radius 1 is 1.30 bits per heavy atom. The van der Waals surface area contributed by atoms with Gasteiger partial charge in [0, 0.05) is 37.8 Å². The van der Waals surface area contributed by atoms with Gasteiger partial charge in [-0.25, -0.2) is 4.98 Å². The summed E-state index contributed by atoms with van der Waals surface area (Å²) in [4.78, 5) is 19.5. The Hall–Kier alpha value is -1.40. The molecule has 7 heteroatoms. The fourth-order valence-corrected chi connectivity index (χ4v) is 6.05. The molecule has 1 N–H and O–H groups in total. The first-order chi connectivity index (χ1) is 13.0. The molecule has 0 saturated heterocycles. The Labute approximate surface area is 176 Å². The molecule has 1 aliphatic rings. The van der Waals surface area contributed by atoms with Crippen LogP contribution in [0.4, 0.5) is 5.13 Å².